The molecule has 0 aliphatic carbocycles. The molecule has 0 radical (unpaired) electrons. The van der Waals surface area contributed by atoms with Crippen molar-refractivity contribution in [2.24, 2.45) is 11.7 Å². The Kier molecular flexibility index (Phi) is 5.65. The average molecular weight is 349 g/mol. The van der Waals surface area contributed by atoms with E-state index in [1.165, 1.54) is 0 Å². The van der Waals surface area contributed by atoms with Gasteiger partial charge in [-0.1, -0.05) is 13.8 Å². The molecule has 0 spiro atoms. The van der Waals surface area contributed by atoms with Crippen LogP contribution in [0.3, 0.4) is 0 Å². The molecule has 20 heavy (non-hydrogen) atoms. The lowest BCUT2D eigenvalue weighted by atomic mass is 9.90. The molecule has 0 saturated heterocycles. The number of hydrogen-bond acceptors (Lipinski definition) is 2. The molecule has 0 fully saturated rings. The van der Waals surface area contributed by atoms with Crippen LogP contribution < -0.4 is 11.1 Å². The van der Waals surface area contributed by atoms with Gasteiger partial charge in [0.25, 0.3) is 5.91 Å². The van der Waals surface area contributed by atoms with Gasteiger partial charge in [0.05, 0.1) is 5.56 Å². The lowest BCUT2D eigenvalue weighted by molar-refractivity contribution is 0.0897. The number of nitrogens with one attached hydrogen (secondary N) is 1. The second kappa shape index (κ2) is 6.63. The maximum absolute atomic E-state index is 13.2. The number of benzene rings is 1. The summed E-state index contributed by atoms with van der Waals surface area (Å²) in [4.78, 5) is 12.2. The Morgan fingerprint density at radius 1 is 1.40 bits per heavy atom. The molecule has 0 aliphatic rings. The minimum absolute atomic E-state index is 0.0485. The lowest BCUT2D eigenvalue weighted by Gasteiger charge is -2.31. The van der Waals surface area contributed by atoms with Crippen LogP contribution in [0.5, 0.6) is 0 Å². The van der Waals surface area contributed by atoms with Crippen LogP contribution in [0.4, 0.5) is 8.78 Å². The van der Waals surface area contributed by atoms with Crippen molar-refractivity contribution in [1.29, 1.82) is 0 Å². The smallest absolute Gasteiger partial charge is 0.253 e. The summed E-state index contributed by atoms with van der Waals surface area (Å²) in [6.07, 6.45) is 0.691. The first-order chi connectivity index (χ1) is 9.18. The van der Waals surface area contributed by atoms with Gasteiger partial charge in [-0.25, -0.2) is 8.78 Å². The Bertz CT molecular complexity index is 508. The van der Waals surface area contributed by atoms with Gasteiger partial charge < -0.3 is 11.1 Å². The first-order valence-corrected chi connectivity index (χ1v) is 7.15. The van der Waals surface area contributed by atoms with E-state index >= 15 is 0 Å². The number of carbonyl (C=O) groups is 1. The molecule has 0 saturated carbocycles. The number of rotatable bonds is 5. The van der Waals surface area contributed by atoms with Gasteiger partial charge in [0, 0.05) is 16.6 Å². The number of halogens is 3. The summed E-state index contributed by atoms with van der Waals surface area (Å²) in [5.41, 5.74) is 5.17. The largest absolute Gasteiger partial charge is 0.346 e. The van der Waals surface area contributed by atoms with Gasteiger partial charge in [-0.15, -0.1) is 0 Å². The Morgan fingerprint density at radius 3 is 2.45 bits per heavy atom. The highest BCUT2D eigenvalue weighted by Gasteiger charge is 2.27. The second-order valence-electron chi connectivity index (χ2n) is 5.56. The molecule has 6 heteroatoms. The summed E-state index contributed by atoms with van der Waals surface area (Å²) >= 11 is 3.06. The van der Waals surface area contributed by atoms with Gasteiger partial charge in [0.1, 0.15) is 0 Å². The molecule has 112 valence electrons. The number of amides is 1. The van der Waals surface area contributed by atoms with Crippen LogP contribution >= 0.6 is 15.9 Å². The maximum Gasteiger partial charge on any atom is 0.253 e. The molecule has 0 heterocycles. The minimum atomic E-state index is -1.06. The van der Waals surface area contributed by atoms with Crippen LogP contribution in [0.15, 0.2) is 16.6 Å². The van der Waals surface area contributed by atoms with Crippen molar-refractivity contribution < 1.29 is 13.6 Å². The van der Waals surface area contributed by atoms with Crippen molar-refractivity contribution in [3.05, 3.63) is 33.8 Å². The Labute approximate surface area is 126 Å². The molecule has 3 nitrogen and oxygen atoms in total. The normalized spacial score (nSPS) is 14.2. The predicted octanol–water partition coefficient (Wildman–Crippen LogP) is 3.22. The Hall–Kier alpha value is -1.01. The fourth-order valence-electron chi connectivity index (χ4n) is 2.12. The molecule has 1 atom stereocenters. The highest BCUT2D eigenvalue weighted by atomic mass is 79.9. The number of hydrogen-bond donors (Lipinski definition) is 2. The SMILES string of the molecule is CC(C)CC(C)(CN)NC(=O)c1cc(F)c(F)cc1Br. The molecule has 0 aromatic heterocycles. The predicted molar refractivity (Wildman–Crippen MR) is 78.4 cm³/mol. The summed E-state index contributed by atoms with van der Waals surface area (Å²) in [5, 5.41) is 2.80. The van der Waals surface area contributed by atoms with Crippen LogP contribution in [0.2, 0.25) is 0 Å². The fraction of sp³-hybridized carbons (Fsp3) is 0.500. The molecular weight excluding hydrogens is 330 g/mol. The first-order valence-electron chi connectivity index (χ1n) is 6.35. The van der Waals surface area contributed by atoms with Crippen LogP contribution in [-0.4, -0.2) is 18.0 Å². The molecular formula is C14H19BrF2N2O. The second-order valence-corrected chi connectivity index (χ2v) is 6.42. The average Bonchev–Trinajstić information content (AvgIpc) is 2.32. The fourth-order valence-corrected chi connectivity index (χ4v) is 2.62. The van der Waals surface area contributed by atoms with E-state index in [0.29, 0.717) is 12.3 Å². The standard InChI is InChI=1S/C14H19BrF2N2O/c1-8(2)6-14(3,7-18)19-13(20)9-4-11(16)12(17)5-10(9)15/h4-5,8H,6-7,18H2,1-3H3,(H,19,20). The molecule has 1 rings (SSSR count). The molecule has 3 N–H and O–H groups in total. The number of nitrogens with two attached hydrogens (primary N) is 1. The summed E-state index contributed by atoms with van der Waals surface area (Å²) in [7, 11) is 0. The molecule has 1 aromatic rings. The molecule has 1 amide bonds. The lowest BCUT2D eigenvalue weighted by Crippen LogP contribution is -2.52. The van der Waals surface area contributed by atoms with Crippen LogP contribution in [-0.2, 0) is 0 Å². The third-order valence-electron chi connectivity index (χ3n) is 2.98. The Balaban J connectivity index is 2.98. The van der Waals surface area contributed by atoms with Crippen molar-refractivity contribution in [3.8, 4) is 0 Å². The van der Waals surface area contributed by atoms with Gasteiger partial charge in [-0.2, -0.15) is 0 Å². The van der Waals surface area contributed by atoms with Crippen molar-refractivity contribution in [3.63, 3.8) is 0 Å². The van der Waals surface area contributed by atoms with Crippen molar-refractivity contribution in [2.45, 2.75) is 32.7 Å². The van der Waals surface area contributed by atoms with Gasteiger partial charge in [-0.3, -0.25) is 4.79 Å². The molecule has 1 aromatic carbocycles. The first kappa shape index (κ1) is 17.0. The van der Waals surface area contributed by atoms with Crippen LogP contribution in [0.1, 0.15) is 37.6 Å². The quantitative estimate of drug-likeness (QED) is 0.802. The van der Waals surface area contributed by atoms with E-state index in [9.17, 15) is 13.6 Å². The summed E-state index contributed by atoms with van der Waals surface area (Å²) in [5.74, 6) is -2.20. The molecule has 1 unspecified atom stereocenters. The zero-order valence-electron chi connectivity index (χ0n) is 11.8. The van der Waals surface area contributed by atoms with E-state index in [1.54, 1.807) is 0 Å². The minimum Gasteiger partial charge on any atom is -0.346 e. The zero-order valence-corrected chi connectivity index (χ0v) is 13.4. The highest BCUT2D eigenvalue weighted by Crippen LogP contribution is 2.22. The van der Waals surface area contributed by atoms with Crippen LogP contribution in [0.25, 0.3) is 0 Å². The Morgan fingerprint density at radius 2 is 1.95 bits per heavy atom. The van der Waals surface area contributed by atoms with E-state index in [-0.39, 0.29) is 16.6 Å². The van der Waals surface area contributed by atoms with Crippen molar-refractivity contribution >= 4 is 21.8 Å². The van der Waals surface area contributed by atoms with Gasteiger partial charge in [-0.05, 0) is 47.3 Å². The third kappa shape index (κ3) is 4.24. The summed E-state index contributed by atoms with van der Waals surface area (Å²) in [6.45, 7) is 6.14. The topological polar surface area (TPSA) is 55.1 Å². The highest BCUT2D eigenvalue weighted by molar-refractivity contribution is 9.10. The number of carbonyl (C=O) groups excluding carboxylic acids is 1. The van der Waals surface area contributed by atoms with E-state index in [0.717, 1.165) is 12.1 Å². The van der Waals surface area contributed by atoms with Crippen molar-refractivity contribution in [1.82, 2.24) is 5.32 Å². The maximum atomic E-state index is 13.2. The zero-order chi connectivity index (χ0) is 15.5. The summed E-state index contributed by atoms with van der Waals surface area (Å²) in [6, 6.07) is 1.81. The monoisotopic (exact) mass is 348 g/mol. The van der Waals surface area contributed by atoms with E-state index < -0.39 is 23.1 Å². The van der Waals surface area contributed by atoms with Crippen LogP contribution in [0, 0.1) is 17.6 Å². The summed E-state index contributed by atoms with van der Waals surface area (Å²) < 4.78 is 26.5. The molecule has 0 aliphatic heterocycles. The van der Waals surface area contributed by atoms with Gasteiger partial charge in [0.15, 0.2) is 11.6 Å². The van der Waals surface area contributed by atoms with E-state index in [2.05, 4.69) is 21.2 Å². The third-order valence-corrected chi connectivity index (χ3v) is 3.64. The van der Waals surface area contributed by atoms with Gasteiger partial charge >= 0.3 is 0 Å². The van der Waals surface area contributed by atoms with Gasteiger partial charge in [0.2, 0.25) is 0 Å². The van der Waals surface area contributed by atoms with Crippen molar-refractivity contribution in [2.75, 3.05) is 6.54 Å². The molecule has 0 bridgehead atoms. The van der Waals surface area contributed by atoms with E-state index in [4.69, 9.17) is 5.73 Å². The van der Waals surface area contributed by atoms with E-state index in [1.807, 2.05) is 20.8 Å².